The molecule has 34 heavy (non-hydrogen) atoms. The molecular weight excluding hydrogens is 438 g/mol. The normalized spacial score (nSPS) is 10.7. The van der Waals surface area contributed by atoms with Crippen LogP contribution in [-0.4, -0.2) is 42.2 Å². The second-order valence-electron chi connectivity index (χ2n) is 7.61. The number of rotatable bonds is 5. The van der Waals surface area contributed by atoms with Crippen LogP contribution in [0.2, 0.25) is 0 Å². The van der Waals surface area contributed by atoms with Gasteiger partial charge in [-0.25, -0.2) is 14.6 Å². The molecule has 1 N–H and O–H groups in total. The molecule has 2 heterocycles. The monoisotopic (exact) mass is 459 g/mol. The number of nitrogens with one attached hydrogen (secondary N) is 1. The van der Waals surface area contributed by atoms with E-state index >= 15 is 0 Å². The number of pyridine rings is 1. The number of anilines is 1. The average molecular weight is 459 g/mol. The highest BCUT2D eigenvalue weighted by Gasteiger charge is 2.21. The first-order valence-electron chi connectivity index (χ1n) is 10.3. The van der Waals surface area contributed by atoms with Gasteiger partial charge in [-0.3, -0.25) is 4.79 Å². The van der Waals surface area contributed by atoms with Crippen LogP contribution in [-0.2, 0) is 9.47 Å². The number of nitrogens with zero attached hydrogens (tertiary/aromatic N) is 2. The van der Waals surface area contributed by atoms with E-state index in [9.17, 15) is 14.4 Å². The summed E-state index contributed by atoms with van der Waals surface area (Å²) in [5.41, 5.74) is 3.81. The van der Waals surface area contributed by atoms with Gasteiger partial charge in [-0.05, 0) is 38.1 Å². The van der Waals surface area contributed by atoms with Gasteiger partial charge in [-0.15, -0.1) is 0 Å². The number of benzene rings is 2. The van der Waals surface area contributed by atoms with Gasteiger partial charge in [0.05, 0.1) is 47.7 Å². The van der Waals surface area contributed by atoms with E-state index in [2.05, 4.69) is 15.5 Å². The zero-order chi connectivity index (χ0) is 24.4. The minimum Gasteiger partial charge on any atom is -0.465 e. The predicted molar refractivity (Wildman–Crippen MR) is 124 cm³/mol. The quantitative estimate of drug-likeness (QED) is 0.438. The number of ether oxygens (including phenoxy) is 2. The fraction of sp³-hybridized carbons (Fsp3) is 0.160. The zero-order valence-electron chi connectivity index (χ0n) is 19.0. The van der Waals surface area contributed by atoms with Crippen LogP contribution in [0.25, 0.3) is 22.4 Å². The Morgan fingerprint density at radius 2 is 1.50 bits per heavy atom. The first-order valence-corrected chi connectivity index (χ1v) is 10.3. The number of carbonyl (C=O) groups is 3. The fourth-order valence-electron chi connectivity index (χ4n) is 3.52. The summed E-state index contributed by atoms with van der Waals surface area (Å²) in [5.74, 6) is -1.82. The summed E-state index contributed by atoms with van der Waals surface area (Å²) >= 11 is 0. The molecule has 0 fully saturated rings. The molecule has 0 aliphatic carbocycles. The summed E-state index contributed by atoms with van der Waals surface area (Å²) in [4.78, 5) is 42.0. The second-order valence-corrected chi connectivity index (χ2v) is 7.61. The van der Waals surface area contributed by atoms with Crippen LogP contribution < -0.4 is 5.32 Å². The third kappa shape index (κ3) is 4.36. The van der Waals surface area contributed by atoms with E-state index in [-0.39, 0.29) is 28.1 Å². The molecule has 2 aromatic carbocycles. The molecule has 0 aliphatic heterocycles. The second kappa shape index (κ2) is 9.14. The maximum atomic E-state index is 13.4. The van der Waals surface area contributed by atoms with Gasteiger partial charge in [0, 0.05) is 11.3 Å². The van der Waals surface area contributed by atoms with E-state index < -0.39 is 17.8 Å². The summed E-state index contributed by atoms with van der Waals surface area (Å²) in [6.45, 7) is 3.69. The van der Waals surface area contributed by atoms with Gasteiger partial charge < -0.3 is 19.3 Å². The number of aryl methyl sites for hydroxylation is 2. The van der Waals surface area contributed by atoms with Crippen molar-refractivity contribution in [1.29, 1.82) is 0 Å². The third-order valence-electron chi connectivity index (χ3n) is 5.24. The lowest BCUT2D eigenvalue weighted by atomic mass is 10.0. The molecule has 4 aromatic rings. The van der Waals surface area contributed by atoms with Crippen molar-refractivity contribution in [2.24, 2.45) is 0 Å². The van der Waals surface area contributed by atoms with Crippen molar-refractivity contribution in [2.45, 2.75) is 13.8 Å². The van der Waals surface area contributed by atoms with Crippen LogP contribution in [0.3, 0.4) is 0 Å². The Morgan fingerprint density at radius 1 is 0.882 bits per heavy atom. The highest BCUT2D eigenvalue weighted by Crippen LogP contribution is 2.28. The smallest absolute Gasteiger partial charge is 0.337 e. The molecule has 0 spiro atoms. The first-order chi connectivity index (χ1) is 16.3. The highest BCUT2D eigenvalue weighted by atomic mass is 16.5. The van der Waals surface area contributed by atoms with E-state index in [1.54, 1.807) is 13.0 Å². The molecule has 4 rings (SSSR count). The van der Waals surface area contributed by atoms with Gasteiger partial charge in [0.25, 0.3) is 11.6 Å². The minimum atomic E-state index is -0.663. The van der Waals surface area contributed by atoms with E-state index in [0.717, 1.165) is 11.1 Å². The van der Waals surface area contributed by atoms with Gasteiger partial charge >= 0.3 is 11.9 Å². The van der Waals surface area contributed by atoms with E-state index in [1.807, 2.05) is 31.2 Å². The zero-order valence-corrected chi connectivity index (χ0v) is 19.0. The Balaban J connectivity index is 1.79. The van der Waals surface area contributed by atoms with Crippen molar-refractivity contribution in [3.63, 3.8) is 0 Å². The van der Waals surface area contributed by atoms with Gasteiger partial charge in [0.1, 0.15) is 0 Å². The number of carbonyl (C=O) groups excluding carboxylic acids is 3. The third-order valence-corrected chi connectivity index (χ3v) is 5.24. The van der Waals surface area contributed by atoms with Crippen molar-refractivity contribution in [1.82, 2.24) is 10.1 Å². The summed E-state index contributed by atoms with van der Waals surface area (Å²) in [6, 6.07) is 13.5. The molecule has 0 unspecified atom stereocenters. The highest BCUT2D eigenvalue weighted by molar-refractivity contribution is 6.13. The SMILES string of the molecule is COC(=O)c1cc(NC(=O)c2cc(-c3ccc(C)cc3)nc3onc(C)c23)cc(C(=O)OC)c1. The average Bonchev–Trinajstić information content (AvgIpc) is 3.23. The lowest BCUT2D eigenvalue weighted by molar-refractivity contribution is 0.0599. The largest absolute Gasteiger partial charge is 0.465 e. The number of amides is 1. The number of methoxy groups -OCH3 is 2. The van der Waals surface area contributed by atoms with Crippen LogP contribution in [0.1, 0.15) is 42.3 Å². The van der Waals surface area contributed by atoms with Crippen LogP contribution in [0.4, 0.5) is 5.69 Å². The molecule has 0 saturated carbocycles. The van der Waals surface area contributed by atoms with E-state index in [0.29, 0.717) is 16.8 Å². The molecule has 2 aromatic heterocycles. The number of esters is 2. The molecule has 9 heteroatoms. The summed E-state index contributed by atoms with van der Waals surface area (Å²) in [7, 11) is 2.45. The van der Waals surface area contributed by atoms with Gasteiger partial charge in [0.2, 0.25) is 0 Å². The number of aromatic nitrogens is 2. The molecule has 172 valence electrons. The van der Waals surface area contributed by atoms with Crippen molar-refractivity contribution in [2.75, 3.05) is 19.5 Å². The lowest BCUT2D eigenvalue weighted by Crippen LogP contribution is -2.15. The van der Waals surface area contributed by atoms with Crippen LogP contribution in [0.5, 0.6) is 0 Å². The molecule has 0 bridgehead atoms. The van der Waals surface area contributed by atoms with Crippen molar-refractivity contribution < 1.29 is 28.4 Å². The molecule has 0 radical (unpaired) electrons. The maximum absolute atomic E-state index is 13.4. The maximum Gasteiger partial charge on any atom is 0.337 e. The standard InChI is InChI=1S/C25H21N3O6/c1-13-5-7-15(8-6-13)20-12-19(21-14(2)28-34-23(21)27-20)22(29)26-18-10-16(24(30)32-3)9-17(11-18)25(31)33-4/h5-12H,1-4H3,(H,26,29). The Hall–Kier alpha value is -4.53. The van der Waals surface area contributed by atoms with E-state index in [4.69, 9.17) is 14.0 Å². The first kappa shape index (κ1) is 22.7. The Kier molecular flexibility index (Phi) is 6.09. The number of fused-ring (bicyclic) bond motifs is 1. The Bertz CT molecular complexity index is 1390. The topological polar surface area (TPSA) is 121 Å². The molecule has 9 nitrogen and oxygen atoms in total. The summed E-state index contributed by atoms with van der Waals surface area (Å²) in [6.07, 6.45) is 0. The van der Waals surface area contributed by atoms with Gasteiger partial charge in [-0.1, -0.05) is 35.0 Å². The Morgan fingerprint density at radius 3 is 2.09 bits per heavy atom. The number of hydrogen-bond acceptors (Lipinski definition) is 8. The molecule has 0 atom stereocenters. The Labute approximate surface area is 194 Å². The summed E-state index contributed by atoms with van der Waals surface area (Å²) in [5, 5.41) is 7.16. The van der Waals surface area contributed by atoms with Crippen molar-refractivity contribution in [3.8, 4) is 11.3 Å². The van der Waals surface area contributed by atoms with Crippen LogP contribution >= 0.6 is 0 Å². The minimum absolute atomic E-state index is 0.0853. The predicted octanol–water partition coefficient (Wildman–Crippen LogP) is 4.33. The van der Waals surface area contributed by atoms with Crippen molar-refractivity contribution in [3.05, 3.63) is 76.5 Å². The molecule has 0 saturated heterocycles. The molecule has 0 aliphatic rings. The van der Waals surface area contributed by atoms with E-state index in [1.165, 1.54) is 32.4 Å². The molecule has 1 amide bonds. The lowest BCUT2D eigenvalue weighted by Gasteiger charge is -2.11. The number of hydrogen-bond donors (Lipinski definition) is 1. The van der Waals surface area contributed by atoms with Crippen molar-refractivity contribution >= 4 is 34.6 Å². The van der Waals surface area contributed by atoms with Crippen LogP contribution in [0.15, 0.2) is 53.1 Å². The van der Waals surface area contributed by atoms with Gasteiger partial charge in [0.15, 0.2) is 0 Å². The van der Waals surface area contributed by atoms with Crippen LogP contribution in [0, 0.1) is 13.8 Å². The van der Waals surface area contributed by atoms with Gasteiger partial charge in [-0.2, -0.15) is 0 Å². The fourth-order valence-corrected chi connectivity index (χ4v) is 3.52. The summed E-state index contributed by atoms with van der Waals surface area (Å²) < 4.78 is 14.8. The molecular formula is C25H21N3O6.